The maximum Gasteiger partial charge on any atom is 0.413 e. The Bertz CT molecular complexity index is 634. The number of carbonyl (C=O) groups is 1. The van der Waals surface area contributed by atoms with E-state index in [1.54, 1.807) is 12.1 Å². The summed E-state index contributed by atoms with van der Waals surface area (Å²) in [6.45, 7) is 4.01. The number of benzene rings is 1. The zero-order chi connectivity index (χ0) is 14.8. The Morgan fingerprint density at radius 1 is 1.35 bits per heavy atom. The Morgan fingerprint density at radius 3 is 2.65 bits per heavy atom. The number of ether oxygens (including phenoxy) is 1. The molecule has 1 atom stereocenters. The SMILES string of the molecule is CC(C)c1ccccc1OC(=O)NC1C=CS(=O)(=O)C1. The van der Waals surface area contributed by atoms with Gasteiger partial charge in [-0.15, -0.1) is 0 Å². The molecule has 0 radical (unpaired) electrons. The van der Waals surface area contributed by atoms with Gasteiger partial charge < -0.3 is 10.1 Å². The fourth-order valence-electron chi connectivity index (χ4n) is 2.00. The topological polar surface area (TPSA) is 72.5 Å². The molecule has 5 nitrogen and oxygen atoms in total. The Labute approximate surface area is 118 Å². The lowest BCUT2D eigenvalue weighted by Crippen LogP contribution is -2.37. The highest BCUT2D eigenvalue weighted by Crippen LogP contribution is 2.25. The van der Waals surface area contributed by atoms with Gasteiger partial charge in [-0.3, -0.25) is 0 Å². The Hall–Kier alpha value is -1.82. The number of hydrogen-bond donors (Lipinski definition) is 1. The third kappa shape index (κ3) is 3.60. The lowest BCUT2D eigenvalue weighted by Gasteiger charge is -2.14. The number of nitrogens with one attached hydrogen (secondary N) is 1. The van der Waals surface area contributed by atoms with Crippen molar-refractivity contribution in [3.05, 3.63) is 41.3 Å². The van der Waals surface area contributed by atoms with Crippen molar-refractivity contribution in [1.82, 2.24) is 5.32 Å². The van der Waals surface area contributed by atoms with Gasteiger partial charge in [0.15, 0.2) is 9.84 Å². The number of rotatable bonds is 3. The minimum absolute atomic E-state index is 0.117. The summed E-state index contributed by atoms with van der Waals surface area (Å²) in [4.78, 5) is 11.8. The van der Waals surface area contributed by atoms with Crippen molar-refractivity contribution in [1.29, 1.82) is 0 Å². The van der Waals surface area contributed by atoms with Crippen molar-refractivity contribution < 1.29 is 17.9 Å². The molecule has 1 aliphatic heterocycles. The van der Waals surface area contributed by atoms with Crippen LogP contribution in [0.2, 0.25) is 0 Å². The first-order valence-electron chi connectivity index (χ1n) is 6.35. The number of carbonyl (C=O) groups excluding carboxylic acids is 1. The van der Waals surface area contributed by atoms with Gasteiger partial charge in [0.25, 0.3) is 0 Å². The fraction of sp³-hybridized carbons (Fsp3) is 0.357. The molecule has 108 valence electrons. The molecule has 0 aromatic heterocycles. The van der Waals surface area contributed by atoms with Crippen LogP contribution in [0.4, 0.5) is 4.79 Å². The number of sulfone groups is 1. The quantitative estimate of drug-likeness (QED) is 0.928. The normalized spacial score (nSPS) is 20.1. The lowest BCUT2D eigenvalue weighted by molar-refractivity contribution is 0.198. The fourth-order valence-corrected chi connectivity index (χ4v) is 3.23. The minimum Gasteiger partial charge on any atom is -0.410 e. The van der Waals surface area contributed by atoms with Gasteiger partial charge in [0.05, 0.1) is 11.8 Å². The first kappa shape index (κ1) is 14.6. The molecule has 1 N–H and O–H groups in total. The molecule has 6 heteroatoms. The van der Waals surface area contributed by atoms with Crippen LogP contribution in [0.3, 0.4) is 0 Å². The smallest absolute Gasteiger partial charge is 0.410 e. The molecule has 1 aromatic rings. The molecule has 2 rings (SSSR count). The van der Waals surface area contributed by atoms with Crippen LogP contribution < -0.4 is 10.1 Å². The average Bonchev–Trinajstić information content (AvgIpc) is 2.68. The average molecular weight is 295 g/mol. The molecular formula is C14H17NO4S. The van der Waals surface area contributed by atoms with Crippen LogP contribution in [-0.4, -0.2) is 26.3 Å². The van der Waals surface area contributed by atoms with Crippen LogP contribution in [0.15, 0.2) is 35.7 Å². The van der Waals surface area contributed by atoms with E-state index in [-0.39, 0.29) is 11.7 Å². The van der Waals surface area contributed by atoms with Gasteiger partial charge >= 0.3 is 6.09 Å². The monoisotopic (exact) mass is 295 g/mol. The standard InChI is InChI=1S/C14H17NO4S/c1-10(2)12-5-3-4-6-13(12)19-14(16)15-11-7-8-20(17,18)9-11/h3-8,10-11H,9H2,1-2H3,(H,15,16). The molecule has 20 heavy (non-hydrogen) atoms. The molecule has 0 spiro atoms. The second kappa shape index (κ2) is 5.66. The first-order chi connectivity index (χ1) is 9.37. The van der Waals surface area contributed by atoms with E-state index in [1.165, 1.54) is 6.08 Å². The number of hydrogen-bond acceptors (Lipinski definition) is 4. The van der Waals surface area contributed by atoms with Gasteiger partial charge in [-0.1, -0.05) is 32.0 Å². The van der Waals surface area contributed by atoms with Crippen molar-refractivity contribution >= 4 is 15.9 Å². The van der Waals surface area contributed by atoms with Gasteiger partial charge in [-0.25, -0.2) is 13.2 Å². The zero-order valence-corrected chi connectivity index (χ0v) is 12.2. The third-order valence-corrected chi connectivity index (χ3v) is 4.37. The third-order valence-electron chi connectivity index (χ3n) is 2.98. The van der Waals surface area contributed by atoms with E-state index >= 15 is 0 Å². The largest absolute Gasteiger partial charge is 0.413 e. The molecule has 0 bridgehead atoms. The summed E-state index contributed by atoms with van der Waals surface area (Å²) in [5, 5.41) is 3.63. The Morgan fingerprint density at radius 2 is 2.05 bits per heavy atom. The molecule has 0 saturated carbocycles. The van der Waals surface area contributed by atoms with Crippen molar-refractivity contribution in [2.24, 2.45) is 0 Å². The molecule has 0 saturated heterocycles. The predicted octanol–water partition coefficient (Wildman–Crippen LogP) is 2.21. The van der Waals surface area contributed by atoms with Crippen LogP contribution >= 0.6 is 0 Å². The number of para-hydroxylation sites is 1. The van der Waals surface area contributed by atoms with Crippen LogP contribution in [0.5, 0.6) is 5.75 Å². The highest BCUT2D eigenvalue weighted by Gasteiger charge is 2.24. The maximum atomic E-state index is 11.8. The molecule has 0 aliphatic carbocycles. The summed E-state index contributed by atoms with van der Waals surface area (Å²) in [5.74, 6) is 0.601. The van der Waals surface area contributed by atoms with Crippen LogP contribution in [0.25, 0.3) is 0 Å². The highest BCUT2D eigenvalue weighted by atomic mass is 32.2. The Balaban J connectivity index is 2.01. The van der Waals surface area contributed by atoms with Crippen molar-refractivity contribution in [3.63, 3.8) is 0 Å². The predicted molar refractivity (Wildman–Crippen MR) is 76.4 cm³/mol. The minimum atomic E-state index is -3.19. The van der Waals surface area contributed by atoms with E-state index in [1.807, 2.05) is 26.0 Å². The van der Waals surface area contributed by atoms with Gasteiger partial charge in [0.2, 0.25) is 0 Å². The van der Waals surface area contributed by atoms with Crippen LogP contribution in [0.1, 0.15) is 25.3 Å². The first-order valence-corrected chi connectivity index (χ1v) is 8.07. The zero-order valence-electron chi connectivity index (χ0n) is 11.4. The second-order valence-corrected chi connectivity index (χ2v) is 6.92. The van der Waals surface area contributed by atoms with Crippen LogP contribution in [-0.2, 0) is 9.84 Å². The molecule has 0 fully saturated rings. The van der Waals surface area contributed by atoms with E-state index in [0.29, 0.717) is 5.75 Å². The van der Waals surface area contributed by atoms with E-state index in [0.717, 1.165) is 11.0 Å². The number of amides is 1. The van der Waals surface area contributed by atoms with Crippen molar-refractivity contribution in [3.8, 4) is 5.75 Å². The summed E-state index contributed by atoms with van der Waals surface area (Å²) < 4.78 is 27.7. The summed E-state index contributed by atoms with van der Waals surface area (Å²) in [5.41, 5.74) is 0.928. The van der Waals surface area contributed by atoms with E-state index in [9.17, 15) is 13.2 Å². The Kier molecular flexibility index (Phi) is 4.13. The summed E-state index contributed by atoms with van der Waals surface area (Å²) >= 11 is 0. The second-order valence-electron chi connectivity index (χ2n) is 4.99. The van der Waals surface area contributed by atoms with E-state index < -0.39 is 22.0 Å². The molecule has 1 heterocycles. The summed E-state index contributed by atoms with van der Waals surface area (Å²) in [6.07, 6.45) is 0.801. The molecule has 1 aromatic carbocycles. The summed E-state index contributed by atoms with van der Waals surface area (Å²) in [6, 6.07) is 6.75. The molecule has 1 aliphatic rings. The van der Waals surface area contributed by atoms with Gasteiger partial charge in [-0.05, 0) is 23.6 Å². The molecule has 1 unspecified atom stereocenters. The van der Waals surface area contributed by atoms with Crippen molar-refractivity contribution in [2.75, 3.05) is 5.75 Å². The van der Waals surface area contributed by atoms with E-state index in [2.05, 4.69) is 5.32 Å². The van der Waals surface area contributed by atoms with Crippen molar-refractivity contribution in [2.45, 2.75) is 25.8 Å². The molecule has 1 amide bonds. The highest BCUT2D eigenvalue weighted by molar-refractivity contribution is 7.94. The van der Waals surface area contributed by atoms with Gasteiger partial charge in [0, 0.05) is 5.41 Å². The lowest BCUT2D eigenvalue weighted by atomic mass is 10.0. The van der Waals surface area contributed by atoms with Gasteiger partial charge in [0.1, 0.15) is 5.75 Å². The van der Waals surface area contributed by atoms with Crippen LogP contribution in [0, 0.1) is 0 Å². The van der Waals surface area contributed by atoms with Gasteiger partial charge in [-0.2, -0.15) is 0 Å². The summed E-state index contributed by atoms with van der Waals surface area (Å²) in [7, 11) is -3.19. The maximum absolute atomic E-state index is 11.8. The molecular weight excluding hydrogens is 278 g/mol. The van der Waals surface area contributed by atoms with E-state index in [4.69, 9.17) is 4.74 Å².